The number of nitrogens with one attached hydrogen (secondary N) is 2. The van der Waals surface area contributed by atoms with Gasteiger partial charge in [0.15, 0.2) is 0 Å². The smallest absolute Gasteiger partial charge is 0.229 e. The highest BCUT2D eigenvalue weighted by atomic mass is 35.5. The molecule has 9 heteroatoms. The number of alkyl halides is 1. The Morgan fingerprint density at radius 3 is 2.31 bits per heavy atom. The minimum absolute atomic E-state index is 0.0141. The Hall–Kier alpha value is -2.60. The molecule has 0 amide bonds. The van der Waals surface area contributed by atoms with Crippen LogP contribution in [0.4, 0.5) is 23.1 Å². The maximum absolute atomic E-state index is 9.65. The summed E-state index contributed by atoms with van der Waals surface area (Å²) in [6, 6.07) is 10.7. The molecule has 2 fully saturated rings. The van der Waals surface area contributed by atoms with Gasteiger partial charge in [0.05, 0.1) is 6.20 Å². The van der Waals surface area contributed by atoms with Crippen LogP contribution in [0, 0.1) is 11.3 Å². The largest absolute Gasteiger partial charge is 0.367 e. The second kappa shape index (κ2) is 9.81. The van der Waals surface area contributed by atoms with Crippen molar-refractivity contribution in [1.29, 1.82) is 5.26 Å². The molecule has 0 bridgehead atoms. The monoisotopic (exact) mass is 496 g/mol. The topological polar surface area (TPSA) is 83.3 Å². The molecule has 2 N–H and O–H groups in total. The quantitative estimate of drug-likeness (QED) is 0.463. The molecule has 2 saturated heterocycles. The van der Waals surface area contributed by atoms with Crippen LogP contribution in [-0.2, 0) is 0 Å². The number of halogens is 1. The summed E-state index contributed by atoms with van der Waals surface area (Å²) < 4.78 is 0. The first-order valence-corrected chi connectivity index (χ1v) is 12.7. The Morgan fingerprint density at radius 2 is 1.71 bits per heavy atom. The zero-order valence-corrected chi connectivity index (χ0v) is 22.4. The Bertz CT molecular complexity index is 1060. The van der Waals surface area contributed by atoms with E-state index < -0.39 is 0 Å². The van der Waals surface area contributed by atoms with E-state index in [1.54, 1.807) is 6.20 Å². The number of rotatable bonds is 5. The lowest BCUT2D eigenvalue weighted by Gasteiger charge is -2.53. The number of piperidine rings is 1. The fraction of sp³-hybridized carbons (Fsp3) is 0.577. The Labute approximate surface area is 214 Å². The van der Waals surface area contributed by atoms with Crippen LogP contribution in [0.5, 0.6) is 0 Å². The second-order valence-electron chi connectivity index (χ2n) is 11.0. The zero-order chi connectivity index (χ0) is 25.4. The third-order valence-electron chi connectivity index (χ3n) is 7.62. The molecule has 188 valence electrons. The molecular weight excluding hydrogens is 460 g/mol. The van der Waals surface area contributed by atoms with Gasteiger partial charge in [-0.2, -0.15) is 10.2 Å². The van der Waals surface area contributed by atoms with E-state index in [0.717, 1.165) is 43.9 Å². The molecule has 1 unspecified atom stereocenters. The molecule has 2 aromatic rings. The minimum atomic E-state index is 0.0141. The summed E-state index contributed by atoms with van der Waals surface area (Å²) in [5.74, 6) is 1.04. The van der Waals surface area contributed by atoms with Crippen molar-refractivity contribution < 1.29 is 0 Å². The molecule has 1 aromatic carbocycles. The number of benzene rings is 1. The maximum atomic E-state index is 9.65. The lowest BCUT2D eigenvalue weighted by atomic mass is 9.77. The van der Waals surface area contributed by atoms with Crippen molar-refractivity contribution in [3.05, 3.63) is 36.0 Å². The first-order chi connectivity index (χ1) is 16.5. The van der Waals surface area contributed by atoms with Crippen LogP contribution >= 0.6 is 11.6 Å². The number of aromatic nitrogens is 2. The second-order valence-corrected chi connectivity index (χ2v) is 11.5. The number of nitriles is 1. The number of hydrogen-bond donors (Lipinski definition) is 2. The highest BCUT2D eigenvalue weighted by Crippen LogP contribution is 2.38. The maximum Gasteiger partial charge on any atom is 0.229 e. The van der Waals surface area contributed by atoms with Crippen LogP contribution in [0.2, 0.25) is 0 Å². The van der Waals surface area contributed by atoms with Crippen molar-refractivity contribution in [3.8, 4) is 6.07 Å². The average Bonchev–Trinajstić information content (AvgIpc) is 2.80. The number of hydrogen-bond acceptors (Lipinski definition) is 8. The van der Waals surface area contributed by atoms with Gasteiger partial charge in [0.2, 0.25) is 5.95 Å². The van der Waals surface area contributed by atoms with Gasteiger partial charge in [0, 0.05) is 48.1 Å². The molecule has 35 heavy (non-hydrogen) atoms. The molecule has 2 aliphatic heterocycles. The first kappa shape index (κ1) is 25.5. The van der Waals surface area contributed by atoms with E-state index in [2.05, 4.69) is 95.3 Å². The molecule has 4 rings (SSSR count). The molecule has 0 aliphatic carbocycles. The third-order valence-corrected chi connectivity index (χ3v) is 8.09. The van der Waals surface area contributed by atoms with Crippen LogP contribution < -0.4 is 15.5 Å². The summed E-state index contributed by atoms with van der Waals surface area (Å²) >= 11 is 6.42. The number of nitrogens with zero attached hydrogens (tertiary/aromatic N) is 6. The van der Waals surface area contributed by atoms with Crippen LogP contribution in [-0.4, -0.2) is 76.1 Å². The van der Waals surface area contributed by atoms with E-state index in [1.807, 2.05) is 12.1 Å². The number of piperazine rings is 1. The fourth-order valence-corrected chi connectivity index (χ4v) is 5.52. The molecule has 3 heterocycles. The van der Waals surface area contributed by atoms with Crippen LogP contribution in [0.3, 0.4) is 0 Å². The molecule has 0 saturated carbocycles. The van der Waals surface area contributed by atoms with Gasteiger partial charge in [-0.15, -0.1) is 11.6 Å². The summed E-state index contributed by atoms with van der Waals surface area (Å²) in [4.78, 5) is 15.9. The van der Waals surface area contributed by atoms with Gasteiger partial charge in [0.25, 0.3) is 0 Å². The molecule has 8 nitrogen and oxygen atoms in total. The van der Waals surface area contributed by atoms with Crippen LogP contribution in [0.15, 0.2) is 30.5 Å². The average molecular weight is 497 g/mol. The van der Waals surface area contributed by atoms with E-state index in [0.29, 0.717) is 17.3 Å². The minimum Gasteiger partial charge on any atom is -0.367 e. The lowest BCUT2D eigenvalue weighted by Crippen LogP contribution is -2.61. The van der Waals surface area contributed by atoms with Crippen molar-refractivity contribution in [3.63, 3.8) is 0 Å². The highest BCUT2D eigenvalue weighted by molar-refractivity contribution is 6.20. The van der Waals surface area contributed by atoms with E-state index >= 15 is 0 Å². The van der Waals surface area contributed by atoms with Gasteiger partial charge in [-0.05, 0) is 78.9 Å². The molecule has 2 aliphatic rings. The van der Waals surface area contributed by atoms with E-state index in [4.69, 9.17) is 11.6 Å². The van der Waals surface area contributed by atoms with Gasteiger partial charge in [-0.1, -0.05) is 0 Å². The van der Waals surface area contributed by atoms with Crippen LogP contribution in [0.25, 0.3) is 0 Å². The lowest BCUT2D eigenvalue weighted by molar-refractivity contribution is -0.00772. The summed E-state index contributed by atoms with van der Waals surface area (Å²) in [6.45, 7) is 11.7. The SMILES string of the molecule is CN1CCN(c2ccc(Nc3ncc(C#N)c(NC4CC(C)(C)N(C)C(C)(C)C4)n3)cc2)CC1Cl. The van der Waals surface area contributed by atoms with Crippen molar-refractivity contribution in [2.45, 2.75) is 63.2 Å². The van der Waals surface area contributed by atoms with Gasteiger partial charge in [0.1, 0.15) is 23.0 Å². The Morgan fingerprint density at radius 1 is 1.06 bits per heavy atom. The van der Waals surface area contributed by atoms with E-state index in [9.17, 15) is 5.26 Å². The van der Waals surface area contributed by atoms with Gasteiger partial charge in [-0.3, -0.25) is 9.80 Å². The zero-order valence-electron chi connectivity index (χ0n) is 21.6. The normalized spacial score (nSPS) is 23.0. The molecule has 0 spiro atoms. The standard InChI is InChI=1S/C26H37ClN8/c1-25(2)13-20(14-26(3,4)34(25)6)30-23-18(15-28)16-29-24(32-23)31-19-7-9-21(10-8-19)35-12-11-33(5)22(27)17-35/h7-10,16,20,22H,11-14,17H2,1-6H3,(H2,29,30,31,32). The highest BCUT2D eigenvalue weighted by Gasteiger charge is 2.43. The van der Waals surface area contributed by atoms with Gasteiger partial charge >= 0.3 is 0 Å². The Kier molecular flexibility index (Phi) is 7.14. The van der Waals surface area contributed by atoms with Gasteiger partial charge < -0.3 is 15.5 Å². The van der Waals surface area contributed by atoms with E-state index in [-0.39, 0.29) is 22.6 Å². The van der Waals surface area contributed by atoms with Gasteiger partial charge in [-0.25, -0.2) is 4.98 Å². The van der Waals surface area contributed by atoms with Crippen molar-refractivity contribution in [2.24, 2.45) is 0 Å². The fourth-order valence-electron chi connectivity index (χ4n) is 5.25. The van der Waals surface area contributed by atoms with Crippen LogP contribution in [0.1, 0.15) is 46.1 Å². The summed E-state index contributed by atoms with van der Waals surface area (Å²) in [7, 11) is 4.24. The molecule has 1 aromatic heterocycles. The van der Waals surface area contributed by atoms with Crippen molar-refractivity contribution in [2.75, 3.05) is 49.3 Å². The molecule has 1 atom stereocenters. The summed E-state index contributed by atoms with van der Waals surface area (Å²) in [5, 5.41) is 16.5. The molecule has 0 radical (unpaired) electrons. The predicted molar refractivity (Wildman–Crippen MR) is 144 cm³/mol. The summed E-state index contributed by atoms with van der Waals surface area (Å²) in [5.41, 5.74) is 2.57. The van der Waals surface area contributed by atoms with Crippen molar-refractivity contribution in [1.82, 2.24) is 19.8 Å². The first-order valence-electron chi connectivity index (χ1n) is 12.2. The summed E-state index contributed by atoms with van der Waals surface area (Å²) in [6.07, 6.45) is 3.51. The number of likely N-dealkylation sites (N-methyl/N-ethyl adjacent to an activating group) is 1. The number of likely N-dealkylation sites (tertiary alicyclic amines) is 1. The number of anilines is 4. The predicted octanol–water partition coefficient (Wildman–Crippen LogP) is 4.47. The third kappa shape index (κ3) is 5.64. The molecular formula is C26H37ClN8. The van der Waals surface area contributed by atoms with Crippen molar-refractivity contribution >= 4 is 34.7 Å². The van der Waals surface area contributed by atoms with E-state index in [1.165, 1.54) is 0 Å². The Balaban J connectivity index is 1.47.